The fourth-order valence-corrected chi connectivity index (χ4v) is 3.83. The summed E-state index contributed by atoms with van der Waals surface area (Å²) in [5.74, 6) is -1.21. The van der Waals surface area contributed by atoms with Crippen LogP contribution < -0.4 is 5.32 Å². The first-order valence-electron chi connectivity index (χ1n) is 8.61. The largest absolute Gasteiger partial charge is 0.394 e. The molecule has 2 N–H and O–H groups in total. The molecule has 1 heterocycles. The van der Waals surface area contributed by atoms with E-state index in [2.05, 4.69) is 17.4 Å². The second-order valence-electron chi connectivity index (χ2n) is 6.64. The number of amides is 2. The summed E-state index contributed by atoms with van der Waals surface area (Å²) in [5.41, 5.74) is 5.47. The third-order valence-electron chi connectivity index (χ3n) is 5.09. The topological polar surface area (TPSA) is 69.6 Å². The first-order chi connectivity index (χ1) is 12.2. The molecular weight excluding hydrogens is 316 g/mol. The maximum absolute atomic E-state index is 12.3. The molecule has 0 bridgehead atoms. The number of hydrogen-bond donors (Lipinski definition) is 2. The molecule has 0 spiro atoms. The predicted molar refractivity (Wildman–Crippen MR) is 95.1 cm³/mol. The number of hydrogen-bond acceptors (Lipinski definition) is 3. The van der Waals surface area contributed by atoms with Crippen LogP contribution in [0.4, 0.5) is 5.69 Å². The second kappa shape index (κ2) is 6.33. The highest BCUT2D eigenvalue weighted by molar-refractivity contribution is 6.39. The minimum Gasteiger partial charge on any atom is -0.394 e. The van der Waals surface area contributed by atoms with Gasteiger partial charge >= 0.3 is 11.8 Å². The van der Waals surface area contributed by atoms with E-state index in [0.717, 1.165) is 24.8 Å². The Kier molecular flexibility index (Phi) is 4.01. The van der Waals surface area contributed by atoms with Gasteiger partial charge in [-0.1, -0.05) is 30.3 Å². The lowest BCUT2D eigenvalue weighted by atomic mass is 10.1. The maximum atomic E-state index is 12.3. The number of rotatable bonds is 2. The molecular formula is C20H20N2O3. The van der Waals surface area contributed by atoms with Gasteiger partial charge in [-0.15, -0.1) is 0 Å². The van der Waals surface area contributed by atoms with Crippen molar-refractivity contribution in [3.8, 4) is 11.1 Å². The summed E-state index contributed by atoms with van der Waals surface area (Å²) < 4.78 is 0. The maximum Gasteiger partial charge on any atom is 0.313 e. The number of aliphatic hydroxyl groups excluding tert-OH is 1. The smallest absolute Gasteiger partial charge is 0.313 e. The van der Waals surface area contributed by atoms with Crippen molar-refractivity contribution in [1.29, 1.82) is 0 Å². The molecule has 2 amide bonds. The summed E-state index contributed by atoms with van der Waals surface area (Å²) in [6.45, 7) is 0.424. The Morgan fingerprint density at radius 1 is 1.12 bits per heavy atom. The minimum absolute atomic E-state index is 0.101. The molecule has 0 radical (unpaired) electrons. The van der Waals surface area contributed by atoms with Gasteiger partial charge < -0.3 is 15.3 Å². The minimum atomic E-state index is -0.643. The van der Waals surface area contributed by atoms with Crippen LogP contribution in [0.15, 0.2) is 42.5 Å². The first kappa shape index (κ1) is 15.8. The van der Waals surface area contributed by atoms with Gasteiger partial charge in [-0.25, -0.2) is 0 Å². The summed E-state index contributed by atoms with van der Waals surface area (Å²) in [6.07, 6.45) is 2.40. The molecule has 1 aliphatic carbocycles. The van der Waals surface area contributed by atoms with Crippen molar-refractivity contribution in [2.75, 3.05) is 18.5 Å². The molecule has 2 aromatic carbocycles. The molecule has 128 valence electrons. The van der Waals surface area contributed by atoms with Crippen LogP contribution in [0.3, 0.4) is 0 Å². The zero-order valence-electron chi connectivity index (χ0n) is 13.9. The number of nitrogens with one attached hydrogen (secondary N) is 1. The van der Waals surface area contributed by atoms with E-state index in [9.17, 15) is 14.7 Å². The van der Waals surface area contributed by atoms with Crippen LogP contribution >= 0.6 is 0 Å². The number of benzene rings is 2. The normalized spacial score (nSPS) is 18.0. The van der Waals surface area contributed by atoms with E-state index in [-0.39, 0.29) is 12.6 Å². The Labute approximate surface area is 146 Å². The summed E-state index contributed by atoms with van der Waals surface area (Å²) in [4.78, 5) is 26.1. The Morgan fingerprint density at radius 2 is 1.92 bits per heavy atom. The van der Waals surface area contributed by atoms with Crippen LogP contribution in [0.2, 0.25) is 0 Å². The van der Waals surface area contributed by atoms with Crippen LogP contribution in [0.1, 0.15) is 24.0 Å². The Morgan fingerprint density at radius 3 is 2.76 bits per heavy atom. The molecule has 2 aliphatic rings. The monoisotopic (exact) mass is 336 g/mol. The molecule has 5 nitrogen and oxygen atoms in total. The molecule has 4 rings (SSSR count). The third kappa shape index (κ3) is 2.81. The summed E-state index contributed by atoms with van der Waals surface area (Å²) in [5, 5.41) is 12.0. The van der Waals surface area contributed by atoms with Crippen molar-refractivity contribution in [3.05, 3.63) is 53.6 Å². The number of carbonyl (C=O) groups excluding carboxylic acids is 2. The van der Waals surface area contributed by atoms with Crippen molar-refractivity contribution in [3.63, 3.8) is 0 Å². The number of fused-ring (bicyclic) bond motifs is 3. The molecule has 0 saturated carbocycles. The van der Waals surface area contributed by atoms with E-state index in [1.807, 2.05) is 30.3 Å². The lowest BCUT2D eigenvalue weighted by Gasteiger charge is -2.22. The van der Waals surface area contributed by atoms with Gasteiger partial charge in [-0.3, -0.25) is 9.59 Å². The molecule has 1 aliphatic heterocycles. The average Bonchev–Trinajstić information content (AvgIpc) is 3.24. The van der Waals surface area contributed by atoms with Crippen molar-refractivity contribution in [2.24, 2.45) is 0 Å². The Balaban J connectivity index is 1.50. The van der Waals surface area contributed by atoms with Gasteiger partial charge in [0.2, 0.25) is 0 Å². The average molecular weight is 336 g/mol. The predicted octanol–water partition coefficient (Wildman–Crippen LogP) is 2.18. The van der Waals surface area contributed by atoms with E-state index < -0.39 is 11.8 Å². The van der Waals surface area contributed by atoms with Crippen LogP contribution in [0, 0.1) is 0 Å². The van der Waals surface area contributed by atoms with E-state index in [1.54, 1.807) is 0 Å². The van der Waals surface area contributed by atoms with Crippen LogP contribution in [-0.2, 0) is 16.0 Å². The Bertz CT molecular complexity index is 847. The zero-order chi connectivity index (χ0) is 17.4. The van der Waals surface area contributed by atoms with Gasteiger partial charge in [-0.2, -0.15) is 0 Å². The highest BCUT2D eigenvalue weighted by Gasteiger charge is 2.32. The highest BCUT2D eigenvalue weighted by atomic mass is 16.3. The van der Waals surface area contributed by atoms with Crippen LogP contribution in [0.25, 0.3) is 11.1 Å². The summed E-state index contributed by atoms with van der Waals surface area (Å²) >= 11 is 0. The van der Waals surface area contributed by atoms with Crippen molar-refractivity contribution in [2.45, 2.75) is 25.3 Å². The SMILES string of the molecule is O=C(Nc1ccc2c(c1)Cc1ccccc1-2)C(=O)N1CCC[C@H]1CO. The van der Waals surface area contributed by atoms with Gasteiger partial charge in [-0.05, 0) is 53.6 Å². The van der Waals surface area contributed by atoms with Gasteiger partial charge in [0.15, 0.2) is 0 Å². The van der Waals surface area contributed by atoms with E-state index in [1.165, 1.54) is 21.6 Å². The number of carbonyl (C=O) groups is 2. The molecule has 1 saturated heterocycles. The Hall–Kier alpha value is -2.66. The van der Waals surface area contributed by atoms with Crippen molar-refractivity contribution in [1.82, 2.24) is 4.90 Å². The molecule has 5 heteroatoms. The number of likely N-dealkylation sites (tertiary alicyclic amines) is 1. The van der Waals surface area contributed by atoms with Crippen LogP contribution in [0.5, 0.6) is 0 Å². The number of aliphatic hydroxyl groups is 1. The van der Waals surface area contributed by atoms with Crippen LogP contribution in [-0.4, -0.2) is 41.0 Å². The number of anilines is 1. The van der Waals surface area contributed by atoms with Gasteiger partial charge in [0.25, 0.3) is 0 Å². The molecule has 0 unspecified atom stereocenters. The zero-order valence-corrected chi connectivity index (χ0v) is 13.9. The van der Waals surface area contributed by atoms with E-state index >= 15 is 0 Å². The lowest BCUT2D eigenvalue weighted by molar-refractivity contribution is -0.144. The first-order valence-corrected chi connectivity index (χ1v) is 8.61. The van der Waals surface area contributed by atoms with Gasteiger partial charge in [0.1, 0.15) is 0 Å². The number of nitrogens with zero attached hydrogens (tertiary/aromatic N) is 1. The van der Waals surface area contributed by atoms with Gasteiger partial charge in [0.05, 0.1) is 12.6 Å². The lowest BCUT2D eigenvalue weighted by Crippen LogP contribution is -2.43. The van der Waals surface area contributed by atoms with E-state index in [0.29, 0.717) is 12.2 Å². The fraction of sp³-hybridized carbons (Fsp3) is 0.300. The summed E-state index contributed by atoms with van der Waals surface area (Å²) in [6, 6.07) is 13.8. The highest BCUT2D eigenvalue weighted by Crippen LogP contribution is 2.37. The van der Waals surface area contributed by atoms with Crippen molar-refractivity contribution < 1.29 is 14.7 Å². The third-order valence-corrected chi connectivity index (χ3v) is 5.09. The molecule has 1 fully saturated rings. The molecule has 25 heavy (non-hydrogen) atoms. The quantitative estimate of drug-likeness (QED) is 0.705. The second-order valence-corrected chi connectivity index (χ2v) is 6.64. The molecule has 0 aromatic heterocycles. The van der Waals surface area contributed by atoms with Crippen molar-refractivity contribution >= 4 is 17.5 Å². The molecule has 2 aromatic rings. The standard InChI is InChI=1S/C20H20N2O3/c23-12-16-5-3-9-22(16)20(25)19(24)21-15-7-8-18-14(11-15)10-13-4-1-2-6-17(13)18/h1-2,4,6-8,11,16,23H,3,5,9-10,12H2,(H,21,24)/t16-/m0/s1. The van der Waals surface area contributed by atoms with E-state index in [4.69, 9.17) is 0 Å². The summed E-state index contributed by atoms with van der Waals surface area (Å²) in [7, 11) is 0. The van der Waals surface area contributed by atoms with Gasteiger partial charge in [0, 0.05) is 12.2 Å². The molecule has 1 atom stereocenters. The fourth-order valence-electron chi connectivity index (χ4n) is 3.83.